The first-order valence-electron chi connectivity index (χ1n) is 3.80. The molecule has 0 amide bonds. The Morgan fingerprint density at radius 3 is 3.00 bits per heavy atom. The minimum atomic E-state index is 0.0706. The molecule has 0 saturated carbocycles. The van der Waals surface area contributed by atoms with Gasteiger partial charge in [0.1, 0.15) is 0 Å². The van der Waals surface area contributed by atoms with Gasteiger partial charge in [-0.15, -0.1) is 6.58 Å². The summed E-state index contributed by atoms with van der Waals surface area (Å²) in [7, 11) is 0. The summed E-state index contributed by atoms with van der Waals surface area (Å²) < 4.78 is 0. The van der Waals surface area contributed by atoms with E-state index >= 15 is 0 Å². The van der Waals surface area contributed by atoms with E-state index in [1.807, 2.05) is 13.0 Å². The summed E-state index contributed by atoms with van der Waals surface area (Å²) >= 11 is 0. The molecule has 0 bridgehead atoms. The van der Waals surface area contributed by atoms with Crippen molar-refractivity contribution in [1.82, 2.24) is 4.98 Å². The zero-order valence-corrected chi connectivity index (χ0v) is 7.08. The maximum atomic E-state index is 11.3. The van der Waals surface area contributed by atoms with Gasteiger partial charge in [-0.25, -0.2) is 0 Å². The molecule has 1 rings (SSSR count). The fourth-order valence-electron chi connectivity index (χ4n) is 0.956. The van der Waals surface area contributed by atoms with E-state index in [-0.39, 0.29) is 5.78 Å². The number of carbonyl (C=O) groups is 1. The third-order valence-corrected chi connectivity index (χ3v) is 1.53. The van der Waals surface area contributed by atoms with Gasteiger partial charge in [0, 0.05) is 24.4 Å². The van der Waals surface area contributed by atoms with Crippen LogP contribution < -0.4 is 0 Å². The highest BCUT2D eigenvalue weighted by atomic mass is 16.1. The van der Waals surface area contributed by atoms with Crippen LogP contribution in [-0.2, 0) is 0 Å². The highest BCUT2D eigenvalue weighted by Crippen LogP contribution is 2.04. The number of allylic oxidation sites excluding steroid dienone is 1. The van der Waals surface area contributed by atoms with Crippen molar-refractivity contribution in [2.45, 2.75) is 13.3 Å². The topological polar surface area (TPSA) is 30.0 Å². The van der Waals surface area contributed by atoms with Crippen molar-refractivity contribution < 1.29 is 4.79 Å². The molecule has 12 heavy (non-hydrogen) atoms. The van der Waals surface area contributed by atoms with E-state index in [4.69, 9.17) is 0 Å². The van der Waals surface area contributed by atoms with Gasteiger partial charge in [0.2, 0.25) is 0 Å². The second kappa shape index (κ2) is 3.81. The van der Waals surface area contributed by atoms with E-state index in [1.54, 1.807) is 18.5 Å². The van der Waals surface area contributed by atoms with Gasteiger partial charge in [0.15, 0.2) is 5.78 Å². The van der Waals surface area contributed by atoms with Crippen LogP contribution in [0.25, 0.3) is 0 Å². The summed E-state index contributed by atoms with van der Waals surface area (Å²) in [4.78, 5) is 15.2. The third kappa shape index (κ3) is 2.02. The summed E-state index contributed by atoms with van der Waals surface area (Å²) in [6.45, 7) is 5.42. The lowest BCUT2D eigenvalue weighted by atomic mass is 10.1. The smallest absolute Gasteiger partial charge is 0.168 e. The van der Waals surface area contributed by atoms with Crippen molar-refractivity contribution in [3.63, 3.8) is 0 Å². The number of hydrogen-bond donors (Lipinski definition) is 0. The Kier molecular flexibility index (Phi) is 2.75. The van der Waals surface area contributed by atoms with E-state index < -0.39 is 0 Å². The van der Waals surface area contributed by atoms with E-state index in [2.05, 4.69) is 11.6 Å². The van der Waals surface area contributed by atoms with Crippen LogP contribution >= 0.6 is 0 Å². The lowest BCUT2D eigenvalue weighted by molar-refractivity contribution is 0.0995. The van der Waals surface area contributed by atoms with Gasteiger partial charge in [0.05, 0.1) is 0 Å². The number of rotatable bonds is 3. The Morgan fingerprint density at radius 2 is 2.42 bits per heavy atom. The first-order valence-corrected chi connectivity index (χ1v) is 3.80. The predicted molar refractivity (Wildman–Crippen MR) is 48.1 cm³/mol. The molecule has 0 atom stereocenters. The molecule has 0 aliphatic carbocycles. The molecule has 1 heterocycles. The molecule has 0 unspecified atom stereocenters. The van der Waals surface area contributed by atoms with Crippen molar-refractivity contribution in [3.8, 4) is 0 Å². The molecule has 0 radical (unpaired) electrons. The molecule has 0 spiro atoms. The number of aromatic nitrogens is 1. The standard InChI is InChI=1S/C10H11NO/c1-3-4-10(12)9-5-8(2)6-11-7-9/h3,5-7H,1,4H2,2H3. The molecule has 0 saturated heterocycles. The van der Waals surface area contributed by atoms with Crippen LogP contribution in [0.1, 0.15) is 22.3 Å². The highest BCUT2D eigenvalue weighted by molar-refractivity contribution is 5.96. The minimum absolute atomic E-state index is 0.0706. The second-order valence-corrected chi connectivity index (χ2v) is 2.67. The molecule has 0 aliphatic heterocycles. The summed E-state index contributed by atoms with van der Waals surface area (Å²) in [6, 6.07) is 1.83. The molecule has 1 aromatic rings. The van der Waals surface area contributed by atoms with Crippen molar-refractivity contribution in [1.29, 1.82) is 0 Å². The van der Waals surface area contributed by atoms with Crippen molar-refractivity contribution in [3.05, 3.63) is 42.2 Å². The fraction of sp³-hybridized carbons (Fsp3) is 0.200. The van der Waals surface area contributed by atoms with E-state index in [0.29, 0.717) is 12.0 Å². The predicted octanol–water partition coefficient (Wildman–Crippen LogP) is 2.15. The van der Waals surface area contributed by atoms with Gasteiger partial charge >= 0.3 is 0 Å². The number of carbonyl (C=O) groups excluding carboxylic acids is 1. The zero-order chi connectivity index (χ0) is 8.97. The quantitative estimate of drug-likeness (QED) is 0.502. The van der Waals surface area contributed by atoms with Gasteiger partial charge in [-0.2, -0.15) is 0 Å². The fourth-order valence-corrected chi connectivity index (χ4v) is 0.956. The summed E-state index contributed by atoms with van der Waals surface area (Å²) in [6.07, 6.45) is 5.29. The number of ketones is 1. The zero-order valence-electron chi connectivity index (χ0n) is 7.08. The van der Waals surface area contributed by atoms with Crippen LogP contribution in [0.5, 0.6) is 0 Å². The number of pyridine rings is 1. The third-order valence-electron chi connectivity index (χ3n) is 1.53. The summed E-state index contributed by atoms with van der Waals surface area (Å²) in [5.41, 5.74) is 1.67. The molecule has 0 aromatic carbocycles. The van der Waals surface area contributed by atoms with Gasteiger partial charge in [0.25, 0.3) is 0 Å². The summed E-state index contributed by atoms with van der Waals surface area (Å²) in [5.74, 6) is 0.0706. The van der Waals surface area contributed by atoms with Crippen LogP contribution in [0.3, 0.4) is 0 Å². The maximum absolute atomic E-state index is 11.3. The van der Waals surface area contributed by atoms with Crippen molar-refractivity contribution in [2.75, 3.05) is 0 Å². The highest BCUT2D eigenvalue weighted by Gasteiger charge is 2.02. The normalized spacial score (nSPS) is 9.42. The van der Waals surface area contributed by atoms with E-state index in [1.165, 1.54) is 0 Å². The molecule has 2 heteroatoms. The lowest BCUT2D eigenvalue weighted by Gasteiger charge is -1.97. The molecule has 2 nitrogen and oxygen atoms in total. The van der Waals surface area contributed by atoms with E-state index in [9.17, 15) is 4.79 Å². The number of aryl methyl sites for hydroxylation is 1. The molecule has 0 aliphatic rings. The Bertz CT molecular complexity index is 304. The molecule has 0 fully saturated rings. The van der Waals surface area contributed by atoms with Gasteiger partial charge in [-0.1, -0.05) is 6.08 Å². The summed E-state index contributed by atoms with van der Waals surface area (Å²) in [5, 5.41) is 0. The number of Topliss-reactive ketones (excluding diaryl/α,β-unsaturated/α-hetero) is 1. The van der Waals surface area contributed by atoms with Crippen molar-refractivity contribution >= 4 is 5.78 Å². The molecule has 0 N–H and O–H groups in total. The molecule has 1 aromatic heterocycles. The largest absolute Gasteiger partial charge is 0.294 e. The number of nitrogens with zero attached hydrogens (tertiary/aromatic N) is 1. The SMILES string of the molecule is C=CCC(=O)c1cncc(C)c1. The Balaban J connectivity index is 2.87. The van der Waals surface area contributed by atoms with E-state index in [0.717, 1.165) is 5.56 Å². The molecular weight excluding hydrogens is 150 g/mol. The average molecular weight is 161 g/mol. The monoisotopic (exact) mass is 161 g/mol. The van der Waals surface area contributed by atoms with Gasteiger partial charge < -0.3 is 0 Å². The van der Waals surface area contributed by atoms with Crippen molar-refractivity contribution in [2.24, 2.45) is 0 Å². The van der Waals surface area contributed by atoms with Crippen LogP contribution in [-0.4, -0.2) is 10.8 Å². The first kappa shape index (κ1) is 8.65. The Labute approximate surface area is 71.9 Å². The maximum Gasteiger partial charge on any atom is 0.168 e. The average Bonchev–Trinajstić information content (AvgIpc) is 2.05. The molecular formula is C10H11NO. The first-order chi connectivity index (χ1) is 5.74. The molecule has 62 valence electrons. The lowest BCUT2D eigenvalue weighted by Crippen LogP contribution is -1.97. The number of hydrogen-bond acceptors (Lipinski definition) is 2. The van der Waals surface area contributed by atoms with Crippen LogP contribution in [0, 0.1) is 6.92 Å². The minimum Gasteiger partial charge on any atom is -0.294 e. The van der Waals surface area contributed by atoms with Gasteiger partial charge in [-0.05, 0) is 18.6 Å². The van der Waals surface area contributed by atoms with Gasteiger partial charge in [-0.3, -0.25) is 9.78 Å². The Morgan fingerprint density at radius 1 is 1.67 bits per heavy atom. The Hall–Kier alpha value is -1.44. The van der Waals surface area contributed by atoms with Crippen LogP contribution in [0.4, 0.5) is 0 Å². The van der Waals surface area contributed by atoms with Crippen LogP contribution in [0.15, 0.2) is 31.1 Å². The second-order valence-electron chi connectivity index (χ2n) is 2.67. The van der Waals surface area contributed by atoms with Crippen LogP contribution in [0.2, 0.25) is 0 Å².